The Labute approximate surface area is 166 Å². The van der Waals surface area contributed by atoms with E-state index >= 15 is 0 Å². The summed E-state index contributed by atoms with van der Waals surface area (Å²) in [6, 6.07) is 10.8. The number of aromatic nitrogens is 1. The molecule has 1 amide bonds. The van der Waals surface area contributed by atoms with Crippen LogP contribution in [0.3, 0.4) is 0 Å². The van der Waals surface area contributed by atoms with Crippen LogP contribution in [0.15, 0.2) is 36.4 Å². The van der Waals surface area contributed by atoms with Crippen LogP contribution >= 0.6 is 11.3 Å². The molecular weight excluding hydrogens is 380 g/mol. The molecule has 3 aromatic rings. The zero-order valence-electron chi connectivity index (χ0n) is 15.8. The maximum absolute atomic E-state index is 12.0. The molecule has 1 aromatic heterocycles. The third-order valence-electron chi connectivity index (χ3n) is 3.86. The minimum atomic E-state index is -0.637. The van der Waals surface area contributed by atoms with Gasteiger partial charge in [-0.2, -0.15) is 0 Å². The number of hydrogen-bond acceptors (Lipinski definition) is 7. The molecule has 7 nitrogen and oxygen atoms in total. The molecule has 146 valence electrons. The Balaban J connectivity index is 1.47. The first-order chi connectivity index (χ1) is 13.4. The second-order valence-corrected chi connectivity index (χ2v) is 7.15. The molecule has 0 aliphatic heterocycles. The SMILES string of the molecule is COc1ccc(OCC(=O)OCC(=O)Nc2nc3c(C)cc(C)cc3s2)cc1. The van der Waals surface area contributed by atoms with Gasteiger partial charge in [-0.25, -0.2) is 9.78 Å². The average Bonchev–Trinajstić information content (AvgIpc) is 3.07. The zero-order valence-corrected chi connectivity index (χ0v) is 16.6. The Morgan fingerprint density at radius 2 is 1.79 bits per heavy atom. The second kappa shape index (κ2) is 8.71. The largest absolute Gasteiger partial charge is 0.497 e. The number of thiazole rings is 1. The molecule has 1 N–H and O–H groups in total. The Morgan fingerprint density at radius 1 is 1.07 bits per heavy atom. The van der Waals surface area contributed by atoms with Crippen molar-refractivity contribution in [3.05, 3.63) is 47.5 Å². The van der Waals surface area contributed by atoms with Gasteiger partial charge in [0.05, 0.1) is 17.3 Å². The fraction of sp³-hybridized carbons (Fsp3) is 0.250. The first-order valence-electron chi connectivity index (χ1n) is 8.54. The first kappa shape index (κ1) is 19.6. The molecular formula is C20H20N2O5S. The van der Waals surface area contributed by atoms with Crippen molar-refractivity contribution >= 4 is 38.6 Å². The lowest BCUT2D eigenvalue weighted by molar-refractivity contribution is -0.149. The van der Waals surface area contributed by atoms with Gasteiger partial charge >= 0.3 is 5.97 Å². The summed E-state index contributed by atoms with van der Waals surface area (Å²) in [5, 5.41) is 3.13. The summed E-state index contributed by atoms with van der Waals surface area (Å²) >= 11 is 1.38. The molecule has 0 fully saturated rings. The summed E-state index contributed by atoms with van der Waals surface area (Å²) in [5.41, 5.74) is 3.04. The van der Waals surface area contributed by atoms with Crippen molar-refractivity contribution < 1.29 is 23.8 Å². The molecule has 28 heavy (non-hydrogen) atoms. The van der Waals surface area contributed by atoms with Crippen LogP contribution in [0.1, 0.15) is 11.1 Å². The molecule has 0 aliphatic carbocycles. The maximum atomic E-state index is 12.0. The number of aryl methyl sites for hydroxylation is 2. The number of hydrogen-bond donors (Lipinski definition) is 1. The van der Waals surface area contributed by atoms with Crippen LogP contribution in [-0.4, -0.2) is 37.2 Å². The van der Waals surface area contributed by atoms with E-state index in [0.717, 1.165) is 21.3 Å². The number of carbonyl (C=O) groups is 2. The van der Waals surface area contributed by atoms with Gasteiger partial charge in [0, 0.05) is 0 Å². The number of amides is 1. The Hall–Kier alpha value is -3.13. The molecule has 0 unspecified atom stereocenters. The van der Waals surface area contributed by atoms with Crippen molar-refractivity contribution in [1.82, 2.24) is 4.98 Å². The highest BCUT2D eigenvalue weighted by Gasteiger charge is 2.12. The molecule has 0 saturated heterocycles. The highest BCUT2D eigenvalue weighted by atomic mass is 32.1. The number of ether oxygens (including phenoxy) is 3. The Bertz CT molecular complexity index is 998. The van der Waals surface area contributed by atoms with Gasteiger partial charge in [0.25, 0.3) is 5.91 Å². The maximum Gasteiger partial charge on any atom is 0.344 e. The zero-order chi connectivity index (χ0) is 20.1. The van der Waals surface area contributed by atoms with Crippen molar-refractivity contribution in [3.8, 4) is 11.5 Å². The van der Waals surface area contributed by atoms with Crippen LogP contribution < -0.4 is 14.8 Å². The van der Waals surface area contributed by atoms with Crippen molar-refractivity contribution in [2.24, 2.45) is 0 Å². The van der Waals surface area contributed by atoms with E-state index in [0.29, 0.717) is 16.6 Å². The van der Waals surface area contributed by atoms with Crippen molar-refractivity contribution in [2.45, 2.75) is 13.8 Å². The summed E-state index contributed by atoms with van der Waals surface area (Å²) < 4.78 is 16.3. The number of rotatable bonds is 7. The van der Waals surface area contributed by atoms with E-state index in [4.69, 9.17) is 14.2 Å². The third kappa shape index (κ3) is 4.98. The molecule has 0 atom stereocenters. The summed E-state index contributed by atoms with van der Waals surface area (Å²) in [4.78, 5) is 28.2. The fourth-order valence-electron chi connectivity index (χ4n) is 2.58. The monoisotopic (exact) mass is 400 g/mol. The fourth-order valence-corrected chi connectivity index (χ4v) is 3.64. The third-order valence-corrected chi connectivity index (χ3v) is 4.77. The van der Waals surface area contributed by atoms with E-state index in [2.05, 4.69) is 10.3 Å². The van der Waals surface area contributed by atoms with Crippen LogP contribution in [0.25, 0.3) is 10.2 Å². The predicted molar refractivity (Wildman–Crippen MR) is 107 cm³/mol. The lowest BCUT2D eigenvalue weighted by Gasteiger charge is -2.07. The van der Waals surface area contributed by atoms with Crippen LogP contribution in [0.2, 0.25) is 0 Å². The van der Waals surface area contributed by atoms with Crippen LogP contribution in [0.4, 0.5) is 5.13 Å². The second-order valence-electron chi connectivity index (χ2n) is 6.12. The minimum Gasteiger partial charge on any atom is -0.497 e. The van der Waals surface area contributed by atoms with Gasteiger partial charge in [0.1, 0.15) is 11.5 Å². The van der Waals surface area contributed by atoms with E-state index in [1.54, 1.807) is 31.4 Å². The minimum absolute atomic E-state index is 0.292. The van der Waals surface area contributed by atoms with E-state index in [-0.39, 0.29) is 6.61 Å². The van der Waals surface area contributed by atoms with Crippen molar-refractivity contribution in [3.63, 3.8) is 0 Å². The van der Waals surface area contributed by atoms with Gasteiger partial charge in [-0.1, -0.05) is 17.4 Å². The van der Waals surface area contributed by atoms with E-state index in [1.807, 2.05) is 26.0 Å². The summed E-state index contributed by atoms with van der Waals surface area (Å²) in [6.45, 7) is 3.29. The van der Waals surface area contributed by atoms with Crippen LogP contribution in [-0.2, 0) is 14.3 Å². The van der Waals surface area contributed by atoms with Gasteiger partial charge in [0.15, 0.2) is 18.3 Å². The quantitative estimate of drug-likeness (QED) is 0.611. The molecule has 0 spiro atoms. The number of methoxy groups -OCH3 is 1. The number of nitrogens with one attached hydrogen (secondary N) is 1. The molecule has 0 saturated carbocycles. The molecule has 3 rings (SSSR count). The lowest BCUT2D eigenvalue weighted by atomic mass is 10.1. The molecule has 8 heteroatoms. The highest BCUT2D eigenvalue weighted by Crippen LogP contribution is 2.29. The number of esters is 1. The molecule has 0 radical (unpaired) electrons. The molecule has 1 heterocycles. The van der Waals surface area contributed by atoms with E-state index in [9.17, 15) is 9.59 Å². The smallest absolute Gasteiger partial charge is 0.344 e. The van der Waals surface area contributed by atoms with Gasteiger partial charge in [-0.3, -0.25) is 10.1 Å². The number of nitrogens with zero attached hydrogens (tertiary/aromatic N) is 1. The van der Waals surface area contributed by atoms with Gasteiger partial charge in [-0.15, -0.1) is 0 Å². The van der Waals surface area contributed by atoms with Gasteiger partial charge in [-0.05, 0) is 55.3 Å². The number of fused-ring (bicyclic) bond motifs is 1. The molecule has 2 aromatic carbocycles. The Kier molecular flexibility index (Phi) is 6.10. The summed E-state index contributed by atoms with van der Waals surface area (Å²) in [7, 11) is 1.56. The topological polar surface area (TPSA) is 86.8 Å². The number of benzene rings is 2. The molecule has 0 aliphatic rings. The Morgan fingerprint density at radius 3 is 2.50 bits per heavy atom. The van der Waals surface area contributed by atoms with Crippen LogP contribution in [0, 0.1) is 13.8 Å². The number of anilines is 1. The standard InChI is InChI=1S/C20H20N2O5S/c1-12-8-13(2)19-16(9-12)28-20(22-19)21-17(23)10-27-18(24)11-26-15-6-4-14(25-3)5-7-15/h4-9H,10-11H2,1-3H3,(H,21,22,23). The van der Waals surface area contributed by atoms with Gasteiger partial charge in [0.2, 0.25) is 0 Å². The highest BCUT2D eigenvalue weighted by molar-refractivity contribution is 7.22. The van der Waals surface area contributed by atoms with Gasteiger partial charge < -0.3 is 14.2 Å². The van der Waals surface area contributed by atoms with Crippen LogP contribution in [0.5, 0.6) is 11.5 Å². The number of carbonyl (C=O) groups excluding carboxylic acids is 2. The normalized spacial score (nSPS) is 10.5. The lowest BCUT2D eigenvalue weighted by Crippen LogP contribution is -2.23. The summed E-state index contributed by atoms with van der Waals surface area (Å²) in [5.74, 6) is 0.0992. The predicted octanol–water partition coefficient (Wildman–Crippen LogP) is 3.48. The van der Waals surface area contributed by atoms with Crippen molar-refractivity contribution in [1.29, 1.82) is 0 Å². The molecule has 0 bridgehead atoms. The van der Waals surface area contributed by atoms with E-state index in [1.165, 1.54) is 11.3 Å². The van der Waals surface area contributed by atoms with Crippen molar-refractivity contribution in [2.75, 3.05) is 25.6 Å². The average molecular weight is 400 g/mol. The first-order valence-corrected chi connectivity index (χ1v) is 9.36. The summed E-state index contributed by atoms with van der Waals surface area (Å²) in [6.07, 6.45) is 0. The van der Waals surface area contributed by atoms with E-state index < -0.39 is 18.5 Å².